The zero-order chi connectivity index (χ0) is 15.2. The van der Waals surface area contributed by atoms with Gasteiger partial charge in [-0.15, -0.1) is 0 Å². The molecule has 1 aliphatic rings. The van der Waals surface area contributed by atoms with Gasteiger partial charge >= 0.3 is 0 Å². The summed E-state index contributed by atoms with van der Waals surface area (Å²) in [7, 11) is 3.68. The van der Waals surface area contributed by atoms with Crippen molar-refractivity contribution in [3.05, 3.63) is 29.6 Å². The molecule has 2 rings (SSSR count). The van der Waals surface area contributed by atoms with Crippen LogP contribution in [0.2, 0.25) is 0 Å². The Morgan fingerprint density at radius 3 is 2.76 bits per heavy atom. The molecule has 21 heavy (non-hydrogen) atoms. The van der Waals surface area contributed by atoms with E-state index in [1.54, 1.807) is 19.2 Å². The molecule has 0 radical (unpaired) electrons. The maximum Gasteiger partial charge on any atom is 0.131 e. The highest BCUT2D eigenvalue weighted by Gasteiger charge is 2.19. The predicted octanol–water partition coefficient (Wildman–Crippen LogP) is 3.35. The molecule has 0 aliphatic heterocycles. The number of ether oxygens (including phenoxy) is 1. The third-order valence-corrected chi connectivity index (χ3v) is 4.47. The van der Waals surface area contributed by atoms with Crippen LogP contribution < -0.4 is 10.5 Å². The van der Waals surface area contributed by atoms with Crippen molar-refractivity contribution in [1.82, 2.24) is 4.90 Å². The van der Waals surface area contributed by atoms with E-state index < -0.39 is 0 Å². The Balaban J connectivity index is 1.87. The summed E-state index contributed by atoms with van der Waals surface area (Å²) in [4.78, 5) is 2.32. The summed E-state index contributed by atoms with van der Waals surface area (Å²) in [5, 5.41) is 0. The molecule has 0 amide bonds. The first-order valence-corrected chi connectivity index (χ1v) is 7.88. The highest BCUT2D eigenvalue weighted by Crippen LogP contribution is 2.29. The summed E-state index contributed by atoms with van der Waals surface area (Å²) in [6.45, 7) is 2.01. The zero-order valence-corrected chi connectivity index (χ0v) is 13.1. The maximum absolute atomic E-state index is 14.0. The quantitative estimate of drug-likeness (QED) is 0.838. The van der Waals surface area contributed by atoms with Gasteiger partial charge in [0.1, 0.15) is 11.6 Å². The molecule has 1 aliphatic carbocycles. The van der Waals surface area contributed by atoms with Gasteiger partial charge < -0.3 is 15.4 Å². The van der Waals surface area contributed by atoms with Crippen molar-refractivity contribution in [1.29, 1.82) is 0 Å². The van der Waals surface area contributed by atoms with Gasteiger partial charge in [-0.2, -0.15) is 0 Å². The van der Waals surface area contributed by atoms with Crippen molar-refractivity contribution < 1.29 is 9.13 Å². The van der Waals surface area contributed by atoms with E-state index in [-0.39, 0.29) is 11.9 Å². The van der Waals surface area contributed by atoms with Gasteiger partial charge in [-0.05, 0) is 50.9 Å². The third kappa shape index (κ3) is 4.42. The SMILES string of the molecule is COc1cccc(F)c1C(N)CCN(C)CC1CCCC1. The monoisotopic (exact) mass is 294 g/mol. The van der Waals surface area contributed by atoms with Crippen molar-refractivity contribution in [3.8, 4) is 5.75 Å². The number of nitrogens with zero attached hydrogens (tertiary/aromatic N) is 1. The zero-order valence-electron chi connectivity index (χ0n) is 13.1. The number of hydrogen-bond acceptors (Lipinski definition) is 3. The number of benzene rings is 1. The van der Waals surface area contributed by atoms with E-state index in [2.05, 4.69) is 11.9 Å². The fourth-order valence-corrected chi connectivity index (χ4v) is 3.28. The summed E-state index contributed by atoms with van der Waals surface area (Å²) < 4.78 is 19.2. The van der Waals surface area contributed by atoms with Gasteiger partial charge in [0.2, 0.25) is 0 Å². The standard InChI is InChI=1S/C17H27FN2O/c1-20(12-13-6-3-4-7-13)11-10-15(19)17-14(18)8-5-9-16(17)21-2/h5,8-9,13,15H,3-4,6-7,10-12,19H2,1-2H3. The first-order chi connectivity index (χ1) is 10.1. The van der Waals surface area contributed by atoms with Gasteiger partial charge in [-0.3, -0.25) is 0 Å². The Labute approximate surface area is 127 Å². The van der Waals surface area contributed by atoms with Crippen LogP contribution in [0, 0.1) is 11.7 Å². The highest BCUT2D eigenvalue weighted by molar-refractivity contribution is 5.37. The summed E-state index contributed by atoms with van der Waals surface area (Å²) in [6.07, 6.45) is 6.16. The van der Waals surface area contributed by atoms with Crippen molar-refractivity contribution in [2.75, 3.05) is 27.2 Å². The molecular weight excluding hydrogens is 267 g/mol. The lowest BCUT2D eigenvalue weighted by molar-refractivity contribution is 0.267. The maximum atomic E-state index is 14.0. The Hall–Kier alpha value is -1.13. The Morgan fingerprint density at radius 2 is 2.10 bits per heavy atom. The van der Waals surface area contributed by atoms with Crippen LogP contribution in [0.15, 0.2) is 18.2 Å². The van der Waals surface area contributed by atoms with Crippen LogP contribution in [0.1, 0.15) is 43.7 Å². The van der Waals surface area contributed by atoms with Crippen molar-refractivity contribution in [3.63, 3.8) is 0 Å². The Bertz CT molecular complexity index is 446. The first-order valence-electron chi connectivity index (χ1n) is 7.88. The molecule has 1 saturated carbocycles. The van der Waals surface area contributed by atoms with E-state index in [1.807, 2.05) is 0 Å². The normalized spacial score (nSPS) is 17.4. The molecule has 1 fully saturated rings. The molecule has 0 saturated heterocycles. The van der Waals surface area contributed by atoms with Crippen LogP contribution in [0.5, 0.6) is 5.75 Å². The second kappa shape index (κ2) is 7.76. The molecule has 0 bridgehead atoms. The molecule has 2 N–H and O–H groups in total. The molecule has 1 aromatic carbocycles. The first kappa shape index (κ1) is 16.2. The molecular formula is C17H27FN2O. The molecule has 1 aromatic rings. The van der Waals surface area contributed by atoms with Gasteiger partial charge in [-0.25, -0.2) is 4.39 Å². The van der Waals surface area contributed by atoms with E-state index in [9.17, 15) is 4.39 Å². The number of nitrogens with two attached hydrogens (primary N) is 1. The second-order valence-corrected chi connectivity index (χ2v) is 6.16. The summed E-state index contributed by atoms with van der Waals surface area (Å²) >= 11 is 0. The average Bonchev–Trinajstić information content (AvgIpc) is 2.97. The van der Waals surface area contributed by atoms with Gasteiger partial charge in [0.15, 0.2) is 0 Å². The number of halogens is 1. The summed E-state index contributed by atoms with van der Waals surface area (Å²) in [5.74, 6) is 1.09. The van der Waals surface area contributed by atoms with Gasteiger partial charge in [-0.1, -0.05) is 18.9 Å². The molecule has 0 spiro atoms. The van der Waals surface area contributed by atoms with Crippen molar-refractivity contribution >= 4 is 0 Å². The average molecular weight is 294 g/mol. The lowest BCUT2D eigenvalue weighted by atomic mass is 10.0. The molecule has 3 nitrogen and oxygen atoms in total. The number of rotatable bonds is 7. The summed E-state index contributed by atoms with van der Waals surface area (Å²) in [5.41, 5.74) is 6.68. The molecule has 0 aromatic heterocycles. The fourth-order valence-electron chi connectivity index (χ4n) is 3.28. The Kier molecular flexibility index (Phi) is 6.00. The smallest absolute Gasteiger partial charge is 0.131 e. The van der Waals surface area contributed by atoms with Crippen LogP contribution in [-0.4, -0.2) is 32.1 Å². The lowest BCUT2D eigenvalue weighted by Gasteiger charge is -2.23. The molecule has 1 atom stereocenters. The summed E-state index contributed by atoms with van der Waals surface area (Å²) in [6, 6.07) is 4.53. The largest absolute Gasteiger partial charge is 0.496 e. The molecule has 4 heteroatoms. The second-order valence-electron chi connectivity index (χ2n) is 6.16. The van der Waals surface area contributed by atoms with Crippen molar-refractivity contribution in [2.45, 2.75) is 38.1 Å². The third-order valence-electron chi connectivity index (χ3n) is 4.47. The minimum atomic E-state index is -0.327. The number of hydrogen-bond donors (Lipinski definition) is 1. The van der Waals surface area contributed by atoms with E-state index in [1.165, 1.54) is 31.7 Å². The van der Waals surface area contributed by atoms with E-state index in [0.717, 1.165) is 25.4 Å². The van der Waals surface area contributed by atoms with Crippen LogP contribution in [-0.2, 0) is 0 Å². The molecule has 118 valence electrons. The Morgan fingerprint density at radius 1 is 1.38 bits per heavy atom. The van der Waals surface area contributed by atoms with Crippen LogP contribution in [0.25, 0.3) is 0 Å². The van der Waals surface area contributed by atoms with E-state index in [0.29, 0.717) is 11.3 Å². The van der Waals surface area contributed by atoms with Crippen LogP contribution in [0.4, 0.5) is 4.39 Å². The number of methoxy groups -OCH3 is 1. The van der Waals surface area contributed by atoms with Crippen LogP contribution >= 0.6 is 0 Å². The van der Waals surface area contributed by atoms with E-state index >= 15 is 0 Å². The van der Waals surface area contributed by atoms with Crippen LogP contribution in [0.3, 0.4) is 0 Å². The minimum absolute atomic E-state index is 0.278. The lowest BCUT2D eigenvalue weighted by Crippen LogP contribution is -2.28. The molecule has 0 heterocycles. The highest BCUT2D eigenvalue weighted by atomic mass is 19.1. The molecule has 1 unspecified atom stereocenters. The topological polar surface area (TPSA) is 38.5 Å². The van der Waals surface area contributed by atoms with E-state index in [4.69, 9.17) is 10.5 Å². The predicted molar refractivity (Wildman–Crippen MR) is 84.0 cm³/mol. The van der Waals surface area contributed by atoms with Gasteiger partial charge in [0.25, 0.3) is 0 Å². The van der Waals surface area contributed by atoms with Gasteiger partial charge in [0.05, 0.1) is 7.11 Å². The van der Waals surface area contributed by atoms with Crippen molar-refractivity contribution in [2.24, 2.45) is 11.7 Å². The van der Waals surface area contributed by atoms with Gasteiger partial charge in [0, 0.05) is 18.2 Å². The minimum Gasteiger partial charge on any atom is -0.496 e. The fraction of sp³-hybridized carbons (Fsp3) is 0.647.